The third-order valence-corrected chi connectivity index (χ3v) is 3.46. The molecular weight excluding hydrogens is 309 g/mol. The lowest BCUT2D eigenvalue weighted by atomic mass is 10.2. The van der Waals surface area contributed by atoms with E-state index in [-0.39, 0.29) is 0 Å². The molecule has 0 aliphatic rings. The highest BCUT2D eigenvalue weighted by Gasteiger charge is 2.17. The number of rotatable bonds is 2. The lowest BCUT2D eigenvalue weighted by molar-refractivity contribution is -0.120. The molecule has 0 saturated heterocycles. The van der Waals surface area contributed by atoms with Crippen molar-refractivity contribution in [3.05, 3.63) is 27.2 Å². The minimum Gasteiger partial charge on any atom is -0.368 e. The van der Waals surface area contributed by atoms with E-state index in [4.69, 9.17) is 18.0 Å². The van der Waals surface area contributed by atoms with Crippen molar-refractivity contribution in [1.82, 2.24) is 9.55 Å². The Morgan fingerprint density at radius 3 is 2.88 bits per heavy atom. The van der Waals surface area contributed by atoms with E-state index in [9.17, 15) is 9.18 Å². The minimum atomic E-state index is -0.589. The van der Waals surface area contributed by atoms with Gasteiger partial charge in [0.15, 0.2) is 4.77 Å². The van der Waals surface area contributed by atoms with Gasteiger partial charge in [-0.3, -0.25) is 4.79 Å². The number of H-pyrrole nitrogens is 1. The summed E-state index contributed by atoms with van der Waals surface area (Å²) < 4.78 is 15.6. The highest BCUT2D eigenvalue weighted by Crippen LogP contribution is 2.25. The van der Waals surface area contributed by atoms with E-state index in [1.165, 1.54) is 6.07 Å². The first-order chi connectivity index (χ1) is 7.91. The van der Waals surface area contributed by atoms with Crippen molar-refractivity contribution < 1.29 is 9.18 Å². The molecule has 17 heavy (non-hydrogen) atoms. The van der Waals surface area contributed by atoms with Gasteiger partial charge in [-0.25, -0.2) is 4.39 Å². The van der Waals surface area contributed by atoms with Gasteiger partial charge in [0.2, 0.25) is 5.91 Å². The molecule has 1 atom stereocenters. The number of aromatic amines is 1. The summed E-state index contributed by atoms with van der Waals surface area (Å²) in [5.74, 6) is -0.893. The van der Waals surface area contributed by atoms with Crippen molar-refractivity contribution >= 4 is 45.1 Å². The Morgan fingerprint density at radius 1 is 1.65 bits per heavy atom. The Hall–Kier alpha value is -1.21. The Morgan fingerprint density at radius 2 is 2.29 bits per heavy atom. The van der Waals surface area contributed by atoms with Gasteiger partial charge >= 0.3 is 0 Å². The summed E-state index contributed by atoms with van der Waals surface area (Å²) >= 11 is 8.19. The van der Waals surface area contributed by atoms with Crippen LogP contribution in [0.25, 0.3) is 11.0 Å². The quantitative estimate of drug-likeness (QED) is 0.836. The second-order valence-corrected chi connectivity index (χ2v) is 4.90. The van der Waals surface area contributed by atoms with Gasteiger partial charge in [-0.05, 0) is 41.1 Å². The Kier molecular flexibility index (Phi) is 3.05. The number of halogens is 2. The smallest absolute Gasteiger partial charge is 0.240 e. The summed E-state index contributed by atoms with van der Waals surface area (Å²) in [6, 6.07) is 2.30. The molecule has 3 N–H and O–H groups in total. The second-order valence-electron chi connectivity index (χ2n) is 3.66. The maximum absolute atomic E-state index is 13.3. The molecule has 0 fully saturated rings. The van der Waals surface area contributed by atoms with Crippen LogP contribution < -0.4 is 5.73 Å². The van der Waals surface area contributed by atoms with Crippen LogP contribution in [-0.2, 0) is 4.79 Å². The molecule has 1 heterocycles. The van der Waals surface area contributed by atoms with Crippen molar-refractivity contribution in [2.75, 3.05) is 0 Å². The Bertz CT molecular complexity index is 663. The zero-order valence-corrected chi connectivity index (χ0v) is 11.2. The molecule has 4 nitrogen and oxygen atoms in total. The minimum absolute atomic E-state index is 0.310. The van der Waals surface area contributed by atoms with Crippen LogP contribution in [0.2, 0.25) is 0 Å². The first-order valence-corrected chi connectivity index (χ1v) is 6.00. The van der Waals surface area contributed by atoms with Crippen LogP contribution in [-0.4, -0.2) is 15.5 Å². The predicted molar refractivity (Wildman–Crippen MR) is 68.7 cm³/mol. The molecular formula is C10H9BrFN3OS. The number of nitrogens with one attached hydrogen (secondary N) is 1. The molecule has 1 aromatic heterocycles. The van der Waals surface area contributed by atoms with Crippen molar-refractivity contribution in [2.24, 2.45) is 5.73 Å². The van der Waals surface area contributed by atoms with E-state index in [2.05, 4.69) is 20.9 Å². The number of carbonyl (C=O) groups is 1. The van der Waals surface area contributed by atoms with Gasteiger partial charge in [-0.15, -0.1) is 0 Å². The maximum atomic E-state index is 13.3. The van der Waals surface area contributed by atoms with Gasteiger partial charge in [-0.1, -0.05) is 0 Å². The van der Waals surface area contributed by atoms with Crippen LogP contribution in [0, 0.1) is 10.6 Å². The number of primary amides is 1. The second kappa shape index (κ2) is 4.23. The number of benzene rings is 1. The van der Waals surface area contributed by atoms with Gasteiger partial charge in [-0.2, -0.15) is 0 Å². The summed E-state index contributed by atoms with van der Waals surface area (Å²) in [5.41, 5.74) is 6.41. The standard InChI is InChI=1S/C10H9BrFN3OS/c1-4(9(13)16)15-8-2-5(11)6(12)3-7(8)14-10(15)17/h2-4H,1H3,(H2,13,16)(H,14,17). The van der Waals surface area contributed by atoms with Crippen LogP contribution in [0.1, 0.15) is 13.0 Å². The molecule has 2 rings (SSSR count). The van der Waals surface area contributed by atoms with Gasteiger partial charge in [0, 0.05) is 6.07 Å². The zero-order valence-electron chi connectivity index (χ0n) is 8.83. The third-order valence-electron chi connectivity index (χ3n) is 2.56. The molecule has 1 amide bonds. The van der Waals surface area contributed by atoms with Crippen LogP contribution in [0.4, 0.5) is 4.39 Å². The molecule has 7 heteroatoms. The zero-order chi connectivity index (χ0) is 12.7. The van der Waals surface area contributed by atoms with Crippen LogP contribution >= 0.6 is 28.1 Å². The van der Waals surface area contributed by atoms with Crippen molar-refractivity contribution in [3.63, 3.8) is 0 Å². The SMILES string of the molecule is CC(C(N)=O)n1c(=S)[nH]c2cc(F)c(Br)cc21. The average Bonchev–Trinajstić information content (AvgIpc) is 2.53. The molecule has 0 saturated carbocycles. The van der Waals surface area contributed by atoms with Gasteiger partial charge in [0.1, 0.15) is 11.9 Å². The Balaban J connectivity index is 2.80. The summed E-state index contributed by atoms with van der Waals surface area (Å²) in [7, 11) is 0. The normalized spacial score (nSPS) is 12.9. The van der Waals surface area contributed by atoms with E-state index >= 15 is 0 Å². The van der Waals surface area contributed by atoms with E-state index in [1.54, 1.807) is 17.6 Å². The third kappa shape index (κ3) is 2.00. The van der Waals surface area contributed by atoms with E-state index < -0.39 is 17.8 Å². The van der Waals surface area contributed by atoms with E-state index in [0.717, 1.165) is 0 Å². The monoisotopic (exact) mass is 317 g/mol. The van der Waals surface area contributed by atoms with Crippen LogP contribution in [0.5, 0.6) is 0 Å². The summed E-state index contributed by atoms with van der Waals surface area (Å²) in [5, 5.41) is 0. The molecule has 0 aliphatic carbocycles. The fourth-order valence-electron chi connectivity index (χ4n) is 1.63. The Labute approximate surface area is 110 Å². The largest absolute Gasteiger partial charge is 0.368 e. The fourth-order valence-corrected chi connectivity index (χ4v) is 2.33. The fraction of sp³-hybridized carbons (Fsp3) is 0.200. The van der Waals surface area contributed by atoms with Crippen LogP contribution in [0.15, 0.2) is 16.6 Å². The van der Waals surface area contributed by atoms with Gasteiger partial charge < -0.3 is 15.3 Å². The number of fused-ring (bicyclic) bond motifs is 1. The van der Waals surface area contributed by atoms with E-state index in [0.29, 0.717) is 20.3 Å². The highest BCUT2D eigenvalue weighted by molar-refractivity contribution is 9.10. The van der Waals surface area contributed by atoms with Crippen LogP contribution in [0.3, 0.4) is 0 Å². The molecule has 0 bridgehead atoms. The lowest BCUT2D eigenvalue weighted by Gasteiger charge is -2.10. The molecule has 1 aromatic carbocycles. The molecule has 0 radical (unpaired) electrons. The van der Waals surface area contributed by atoms with Crippen molar-refractivity contribution in [2.45, 2.75) is 13.0 Å². The van der Waals surface area contributed by atoms with Crippen molar-refractivity contribution in [3.8, 4) is 0 Å². The average molecular weight is 318 g/mol. The first-order valence-electron chi connectivity index (χ1n) is 4.80. The first kappa shape index (κ1) is 12.3. The number of carbonyl (C=O) groups excluding carboxylic acids is 1. The number of hydrogen-bond acceptors (Lipinski definition) is 2. The molecule has 0 aliphatic heterocycles. The number of hydrogen-bond donors (Lipinski definition) is 2. The van der Waals surface area contributed by atoms with Crippen molar-refractivity contribution in [1.29, 1.82) is 0 Å². The molecule has 0 spiro atoms. The highest BCUT2D eigenvalue weighted by atomic mass is 79.9. The topological polar surface area (TPSA) is 63.8 Å². The maximum Gasteiger partial charge on any atom is 0.240 e. The molecule has 1 unspecified atom stereocenters. The number of imidazole rings is 1. The molecule has 2 aromatic rings. The number of amides is 1. The predicted octanol–water partition coefficient (Wildman–Crippen LogP) is 2.65. The van der Waals surface area contributed by atoms with Gasteiger partial charge in [0.25, 0.3) is 0 Å². The summed E-state index contributed by atoms with van der Waals surface area (Å²) in [6.07, 6.45) is 0. The number of aromatic nitrogens is 2. The lowest BCUT2D eigenvalue weighted by Crippen LogP contribution is -2.23. The molecule has 90 valence electrons. The van der Waals surface area contributed by atoms with E-state index in [1.807, 2.05) is 0 Å². The summed E-state index contributed by atoms with van der Waals surface area (Å²) in [6.45, 7) is 1.64. The number of nitrogens with zero attached hydrogens (tertiary/aromatic N) is 1. The number of nitrogens with two attached hydrogens (primary N) is 1. The summed E-state index contributed by atoms with van der Waals surface area (Å²) in [4.78, 5) is 14.0. The van der Waals surface area contributed by atoms with Gasteiger partial charge in [0.05, 0.1) is 15.5 Å².